The first kappa shape index (κ1) is 15.1. The van der Waals surface area contributed by atoms with Crippen LogP contribution in [0.25, 0.3) is 0 Å². The first-order valence-corrected chi connectivity index (χ1v) is 7.65. The summed E-state index contributed by atoms with van der Waals surface area (Å²) in [5.74, 6) is 0.546. The molecule has 19 heavy (non-hydrogen) atoms. The average Bonchev–Trinajstić information content (AvgIpc) is 2.81. The first-order chi connectivity index (χ1) is 9.11. The van der Waals surface area contributed by atoms with E-state index in [1.807, 2.05) is 12.1 Å². The zero-order valence-corrected chi connectivity index (χ0v) is 13.0. The maximum atomic E-state index is 6.28. The molecule has 1 aliphatic rings. The van der Waals surface area contributed by atoms with Gasteiger partial charge in [0.05, 0.1) is 22.8 Å². The fourth-order valence-electron chi connectivity index (χ4n) is 2.74. The van der Waals surface area contributed by atoms with Crippen molar-refractivity contribution in [2.45, 2.75) is 38.8 Å². The van der Waals surface area contributed by atoms with E-state index in [1.54, 1.807) is 0 Å². The summed E-state index contributed by atoms with van der Waals surface area (Å²) in [6.07, 6.45) is 2.37. The monoisotopic (exact) mass is 301 g/mol. The average molecular weight is 302 g/mol. The summed E-state index contributed by atoms with van der Waals surface area (Å²) >= 11 is 12.4. The molecule has 1 aromatic rings. The Morgan fingerprint density at radius 2 is 2.21 bits per heavy atom. The molecule has 0 amide bonds. The highest BCUT2D eigenvalue weighted by Gasteiger charge is 2.29. The second-order valence-corrected chi connectivity index (χ2v) is 6.01. The zero-order valence-electron chi connectivity index (χ0n) is 11.5. The second-order valence-electron chi connectivity index (χ2n) is 5.22. The van der Waals surface area contributed by atoms with Gasteiger partial charge in [0.1, 0.15) is 0 Å². The van der Waals surface area contributed by atoms with Crippen LogP contribution in [-0.4, -0.2) is 25.3 Å². The Hall–Kier alpha value is -0.280. The lowest BCUT2D eigenvalue weighted by atomic mass is 9.91. The Labute approximate surface area is 125 Å². The lowest BCUT2D eigenvalue weighted by Gasteiger charge is -2.24. The van der Waals surface area contributed by atoms with Gasteiger partial charge in [-0.1, -0.05) is 42.3 Å². The molecule has 0 aliphatic carbocycles. The first-order valence-electron chi connectivity index (χ1n) is 6.89. The summed E-state index contributed by atoms with van der Waals surface area (Å²) in [5, 5.41) is 4.87. The third-order valence-electron chi connectivity index (χ3n) is 3.74. The molecular weight excluding hydrogens is 281 g/mol. The topological polar surface area (TPSA) is 21.3 Å². The van der Waals surface area contributed by atoms with Gasteiger partial charge in [0.25, 0.3) is 0 Å². The minimum Gasteiger partial charge on any atom is -0.378 e. The molecular formula is C15H21Cl2NO. The molecule has 2 nitrogen and oxygen atoms in total. The predicted molar refractivity (Wildman–Crippen MR) is 81.2 cm³/mol. The molecule has 3 unspecified atom stereocenters. The van der Waals surface area contributed by atoms with Gasteiger partial charge in [-0.3, -0.25) is 0 Å². The fraction of sp³-hybridized carbons (Fsp3) is 0.600. The molecule has 3 atom stereocenters. The Bertz CT molecular complexity index is 425. The fourth-order valence-corrected chi connectivity index (χ4v) is 3.14. The van der Waals surface area contributed by atoms with E-state index in [-0.39, 0.29) is 0 Å². The Balaban J connectivity index is 2.09. The molecule has 2 rings (SSSR count). The van der Waals surface area contributed by atoms with Crippen LogP contribution in [0, 0.1) is 5.92 Å². The molecule has 0 bridgehead atoms. The number of benzene rings is 1. The van der Waals surface area contributed by atoms with Crippen LogP contribution in [0.2, 0.25) is 10.0 Å². The number of likely N-dealkylation sites (N-methyl/N-ethyl adjacent to an activating group) is 1. The molecule has 106 valence electrons. The number of halogens is 2. The third-order valence-corrected chi connectivity index (χ3v) is 4.59. The Kier molecular flexibility index (Phi) is 5.52. The number of nitrogens with one attached hydrogen (secondary N) is 1. The van der Waals surface area contributed by atoms with E-state index in [0.29, 0.717) is 28.1 Å². The molecule has 0 saturated carbocycles. The van der Waals surface area contributed by atoms with Crippen molar-refractivity contribution in [3.63, 3.8) is 0 Å². The van der Waals surface area contributed by atoms with Crippen LogP contribution in [0.3, 0.4) is 0 Å². The van der Waals surface area contributed by atoms with Crippen LogP contribution in [0.5, 0.6) is 0 Å². The summed E-state index contributed by atoms with van der Waals surface area (Å²) in [6, 6.07) is 6.24. The minimum atomic E-state index is 0.362. The lowest BCUT2D eigenvalue weighted by Crippen LogP contribution is -2.38. The van der Waals surface area contributed by atoms with Crippen LogP contribution >= 0.6 is 23.2 Å². The van der Waals surface area contributed by atoms with Crippen LogP contribution in [0.4, 0.5) is 0 Å². The van der Waals surface area contributed by atoms with Crippen molar-refractivity contribution in [1.82, 2.24) is 5.32 Å². The van der Waals surface area contributed by atoms with E-state index in [1.165, 1.54) is 0 Å². The molecule has 0 aromatic heterocycles. The van der Waals surface area contributed by atoms with Gasteiger partial charge in [0, 0.05) is 12.0 Å². The quantitative estimate of drug-likeness (QED) is 0.889. The standard InChI is InChI=1S/C15H21Cl2NO/c1-3-18-14(12-7-10(2)19-9-12)8-11-5-4-6-13(16)15(11)17/h4-6,10,12,14,18H,3,7-9H2,1-2H3. The number of ether oxygens (including phenoxy) is 1. The Morgan fingerprint density at radius 1 is 1.42 bits per heavy atom. The van der Waals surface area contributed by atoms with Gasteiger partial charge in [0.15, 0.2) is 0 Å². The zero-order chi connectivity index (χ0) is 13.8. The van der Waals surface area contributed by atoms with Gasteiger partial charge in [-0.05, 0) is 37.9 Å². The molecule has 4 heteroatoms. The maximum Gasteiger partial charge on any atom is 0.0624 e. The number of hydrogen-bond acceptors (Lipinski definition) is 2. The largest absolute Gasteiger partial charge is 0.378 e. The van der Waals surface area contributed by atoms with E-state index in [9.17, 15) is 0 Å². The molecule has 0 spiro atoms. The van der Waals surface area contributed by atoms with Gasteiger partial charge in [0.2, 0.25) is 0 Å². The van der Waals surface area contributed by atoms with Crippen molar-refractivity contribution >= 4 is 23.2 Å². The van der Waals surface area contributed by atoms with E-state index in [0.717, 1.165) is 31.6 Å². The lowest BCUT2D eigenvalue weighted by molar-refractivity contribution is 0.117. The van der Waals surface area contributed by atoms with Crippen LogP contribution in [-0.2, 0) is 11.2 Å². The maximum absolute atomic E-state index is 6.28. The van der Waals surface area contributed by atoms with E-state index in [2.05, 4.69) is 25.2 Å². The van der Waals surface area contributed by atoms with Crippen molar-refractivity contribution in [2.24, 2.45) is 5.92 Å². The van der Waals surface area contributed by atoms with Crippen LogP contribution < -0.4 is 5.32 Å². The minimum absolute atomic E-state index is 0.362. The number of rotatable bonds is 5. The highest BCUT2D eigenvalue weighted by molar-refractivity contribution is 6.42. The molecule has 1 aliphatic heterocycles. The van der Waals surface area contributed by atoms with Crippen molar-refractivity contribution in [2.75, 3.05) is 13.2 Å². The molecule has 1 N–H and O–H groups in total. The van der Waals surface area contributed by atoms with Gasteiger partial charge in [-0.25, -0.2) is 0 Å². The highest BCUT2D eigenvalue weighted by Crippen LogP contribution is 2.29. The SMILES string of the molecule is CCNC(Cc1cccc(Cl)c1Cl)C1COC(C)C1. The van der Waals surface area contributed by atoms with E-state index >= 15 is 0 Å². The summed E-state index contributed by atoms with van der Waals surface area (Å²) in [6.45, 7) is 6.05. The van der Waals surface area contributed by atoms with Crippen molar-refractivity contribution in [3.8, 4) is 0 Å². The Morgan fingerprint density at radius 3 is 2.84 bits per heavy atom. The third kappa shape index (κ3) is 3.85. The van der Waals surface area contributed by atoms with Gasteiger partial charge in [-0.2, -0.15) is 0 Å². The van der Waals surface area contributed by atoms with E-state index < -0.39 is 0 Å². The normalized spacial score (nSPS) is 24.6. The van der Waals surface area contributed by atoms with Crippen molar-refractivity contribution in [3.05, 3.63) is 33.8 Å². The molecule has 0 radical (unpaired) electrons. The molecule has 1 heterocycles. The predicted octanol–water partition coefficient (Wildman–Crippen LogP) is 3.94. The second kappa shape index (κ2) is 6.94. The van der Waals surface area contributed by atoms with Gasteiger partial charge in [-0.15, -0.1) is 0 Å². The summed E-state index contributed by atoms with van der Waals surface area (Å²) < 4.78 is 5.69. The molecule has 1 fully saturated rings. The number of hydrogen-bond donors (Lipinski definition) is 1. The summed E-state index contributed by atoms with van der Waals surface area (Å²) in [7, 11) is 0. The summed E-state index contributed by atoms with van der Waals surface area (Å²) in [4.78, 5) is 0. The molecule has 1 aromatic carbocycles. The van der Waals surface area contributed by atoms with Crippen LogP contribution in [0.1, 0.15) is 25.8 Å². The smallest absolute Gasteiger partial charge is 0.0624 e. The van der Waals surface area contributed by atoms with Crippen LogP contribution in [0.15, 0.2) is 18.2 Å². The summed E-state index contributed by atoms with van der Waals surface area (Å²) in [5.41, 5.74) is 1.11. The van der Waals surface area contributed by atoms with Crippen molar-refractivity contribution in [1.29, 1.82) is 0 Å². The molecule has 1 saturated heterocycles. The van der Waals surface area contributed by atoms with Gasteiger partial charge >= 0.3 is 0 Å². The van der Waals surface area contributed by atoms with Gasteiger partial charge < -0.3 is 10.1 Å². The highest BCUT2D eigenvalue weighted by atomic mass is 35.5. The van der Waals surface area contributed by atoms with Crippen molar-refractivity contribution < 1.29 is 4.74 Å². The van der Waals surface area contributed by atoms with E-state index in [4.69, 9.17) is 27.9 Å².